The lowest BCUT2D eigenvalue weighted by Gasteiger charge is -2.06. The summed E-state index contributed by atoms with van der Waals surface area (Å²) < 4.78 is 25.8. The number of pyridine rings is 1. The van der Waals surface area contributed by atoms with Crippen LogP contribution in [0.5, 0.6) is 0 Å². The summed E-state index contributed by atoms with van der Waals surface area (Å²) in [4.78, 5) is 24.3. The van der Waals surface area contributed by atoms with Gasteiger partial charge in [0.1, 0.15) is 0 Å². The first-order chi connectivity index (χ1) is 8.95. The van der Waals surface area contributed by atoms with Gasteiger partial charge in [-0.2, -0.15) is 0 Å². The van der Waals surface area contributed by atoms with Crippen LogP contribution >= 0.6 is 0 Å². The fraction of sp³-hybridized carbons (Fsp3) is 0.455. The molecule has 0 radical (unpaired) electrons. The van der Waals surface area contributed by atoms with Gasteiger partial charge in [-0.1, -0.05) is 6.92 Å². The maximum atomic E-state index is 11.8. The Hall–Kier alpha value is -1.67. The highest BCUT2D eigenvalue weighted by Gasteiger charge is 2.13. The molecular weight excluding hydrogens is 270 g/mol. The molecule has 1 aromatic heterocycles. The molecule has 0 aliphatic heterocycles. The van der Waals surface area contributed by atoms with Gasteiger partial charge in [0.2, 0.25) is 21.5 Å². The molecule has 0 fully saturated rings. The Morgan fingerprint density at radius 1 is 1.32 bits per heavy atom. The molecule has 3 N–H and O–H groups in total. The van der Waals surface area contributed by atoms with Crippen molar-refractivity contribution in [2.75, 3.05) is 13.1 Å². The van der Waals surface area contributed by atoms with E-state index in [2.05, 4.69) is 15.0 Å². The number of hydrogen-bond donors (Lipinski definition) is 3. The molecule has 0 atom stereocenters. The summed E-state index contributed by atoms with van der Waals surface area (Å²) in [5, 5.41) is 2.64. The Kier molecular flexibility index (Phi) is 5.71. The number of hydrogen-bond acceptors (Lipinski definition) is 4. The van der Waals surface area contributed by atoms with Gasteiger partial charge in [-0.25, -0.2) is 13.1 Å². The normalized spacial score (nSPS) is 11.2. The van der Waals surface area contributed by atoms with Crippen LogP contribution in [0, 0.1) is 0 Å². The van der Waals surface area contributed by atoms with Gasteiger partial charge in [-0.05, 0) is 12.5 Å². The Bertz CT molecular complexity index is 559. The Balaban J connectivity index is 2.50. The molecule has 7 nitrogen and oxygen atoms in total. The largest absolute Gasteiger partial charge is 0.356 e. The molecule has 0 bridgehead atoms. The Morgan fingerprint density at radius 2 is 2.05 bits per heavy atom. The molecule has 1 aromatic rings. The summed E-state index contributed by atoms with van der Waals surface area (Å²) in [6.45, 7) is 2.52. The average molecular weight is 287 g/mol. The monoisotopic (exact) mass is 287 g/mol. The van der Waals surface area contributed by atoms with Crippen LogP contribution in [0.15, 0.2) is 28.0 Å². The first-order valence-corrected chi connectivity index (χ1v) is 7.39. The summed E-state index contributed by atoms with van der Waals surface area (Å²) in [6, 6.07) is 2.33. The van der Waals surface area contributed by atoms with E-state index < -0.39 is 10.0 Å². The van der Waals surface area contributed by atoms with E-state index in [1.807, 2.05) is 6.92 Å². The van der Waals surface area contributed by atoms with E-state index in [4.69, 9.17) is 0 Å². The van der Waals surface area contributed by atoms with E-state index in [0.717, 1.165) is 18.7 Å². The first kappa shape index (κ1) is 15.4. The van der Waals surface area contributed by atoms with Crippen molar-refractivity contribution in [1.29, 1.82) is 0 Å². The lowest BCUT2D eigenvalue weighted by molar-refractivity contribution is -0.120. The molecule has 0 spiro atoms. The second kappa shape index (κ2) is 7.05. The number of aromatic amines is 1. The predicted octanol–water partition coefficient (Wildman–Crippen LogP) is -0.430. The first-order valence-electron chi connectivity index (χ1n) is 5.91. The van der Waals surface area contributed by atoms with Crippen molar-refractivity contribution >= 4 is 15.9 Å². The Morgan fingerprint density at radius 3 is 2.63 bits per heavy atom. The van der Waals surface area contributed by atoms with Crippen LogP contribution < -0.4 is 15.6 Å². The molecule has 19 heavy (non-hydrogen) atoms. The summed E-state index contributed by atoms with van der Waals surface area (Å²) in [5.74, 6) is -0.203. The second-order valence-corrected chi connectivity index (χ2v) is 5.65. The van der Waals surface area contributed by atoms with Crippen molar-refractivity contribution in [3.63, 3.8) is 0 Å². The number of H-pyrrole nitrogens is 1. The van der Waals surface area contributed by atoms with Crippen LogP contribution in [-0.2, 0) is 14.8 Å². The summed E-state index contributed by atoms with van der Waals surface area (Å²) >= 11 is 0. The zero-order valence-electron chi connectivity index (χ0n) is 10.6. The maximum Gasteiger partial charge on any atom is 0.247 e. The van der Waals surface area contributed by atoms with Crippen LogP contribution in [0.4, 0.5) is 0 Å². The highest BCUT2D eigenvalue weighted by molar-refractivity contribution is 7.89. The van der Waals surface area contributed by atoms with Gasteiger partial charge in [0.15, 0.2) is 0 Å². The second-order valence-electron chi connectivity index (χ2n) is 3.89. The minimum atomic E-state index is -3.69. The van der Waals surface area contributed by atoms with Gasteiger partial charge in [0.25, 0.3) is 0 Å². The van der Waals surface area contributed by atoms with Crippen molar-refractivity contribution in [3.05, 3.63) is 28.7 Å². The van der Waals surface area contributed by atoms with Crippen molar-refractivity contribution in [2.45, 2.75) is 24.7 Å². The van der Waals surface area contributed by atoms with E-state index in [9.17, 15) is 18.0 Å². The van der Waals surface area contributed by atoms with Gasteiger partial charge in [-0.3, -0.25) is 9.59 Å². The quantitative estimate of drug-likeness (QED) is 0.632. The number of sulfonamides is 1. The van der Waals surface area contributed by atoms with Crippen molar-refractivity contribution < 1.29 is 13.2 Å². The zero-order chi connectivity index (χ0) is 14.3. The van der Waals surface area contributed by atoms with Gasteiger partial charge in [-0.15, -0.1) is 0 Å². The van der Waals surface area contributed by atoms with Crippen LogP contribution in [0.25, 0.3) is 0 Å². The van der Waals surface area contributed by atoms with Crippen molar-refractivity contribution in [2.24, 2.45) is 0 Å². The summed E-state index contributed by atoms with van der Waals surface area (Å²) in [6.07, 6.45) is 2.01. The molecule has 1 heterocycles. The smallest absolute Gasteiger partial charge is 0.247 e. The van der Waals surface area contributed by atoms with Crippen molar-refractivity contribution in [1.82, 2.24) is 15.0 Å². The highest BCUT2D eigenvalue weighted by Crippen LogP contribution is 2.03. The molecule has 0 aliphatic carbocycles. The predicted molar refractivity (Wildman–Crippen MR) is 70.2 cm³/mol. The zero-order valence-corrected chi connectivity index (χ0v) is 11.4. The number of amides is 1. The maximum absolute atomic E-state index is 11.8. The molecule has 1 rings (SSSR count). The van der Waals surface area contributed by atoms with E-state index in [0.29, 0.717) is 6.54 Å². The molecular formula is C11H17N3O4S. The van der Waals surface area contributed by atoms with Gasteiger partial charge >= 0.3 is 0 Å². The molecule has 106 valence electrons. The van der Waals surface area contributed by atoms with E-state index in [-0.39, 0.29) is 29.3 Å². The lowest BCUT2D eigenvalue weighted by atomic mass is 10.4. The topological polar surface area (TPSA) is 108 Å². The third kappa shape index (κ3) is 5.23. The number of aromatic nitrogens is 1. The number of carbonyl (C=O) groups excluding carboxylic acids is 1. The standard InChI is InChI=1S/C11H17N3O4S/c1-2-6-12-11(16)5-7-14-19(17,18)9-3-4-10(15)13-8-9/h3-4,8,14H,2,5-7H2,1H3,(H,12,16)(H,13,15). The van der Waals surface area contributed by atoms with Crippen LogP contribution in [-0.4, -0.2) is 32.4 Å². The molecule has 0 saturated carbocycles. The number of rotatable bonds is 7. The third-order valence-corrected chi connectivity index (χ3v) is 3.74. The van der Waals surface area contributed by atoms with E-state index in [1.54, 1.807) is 0 Å². The summed E-state index contributed by atoms with van der Waals surface area (Å²) in [7, 11) is -3.69. The minimum absolute atomic E-state index is 0.0109. The summed E-state index contributed by atoms with van der Waals surface area (Å²) in [5.41, 5.74) is -0.377. The fourth-order valence-electron chi connectivity index (χ4n) is 1.30. The molecule has 0 unspecified atom stereocenters. The molecule has 8 heteroatoms. The molecule has 1 amide bonds. The minimum Gasteiger partial charge on any atom is -0.356 e. The lowest BCUT2D eigenvalue weighted by Crippen LogP contribution is -2.31. The Labute approximate surface area is 111 Å². The van der Waals surface area contributed by atoms with Crippen LogP contribution in [0.1, 0.15) is 19.8 Å². The molecule has 0 saturated heterocycles. The van der Waals surface area contributed by atoms with E-state index in [1.165, 1.54) is 6.07 Å². The number of carbonyl (C=O) groups is 1. The van der Waals surface area contributed by atoms with E-state index >= 15 is 0 Å². The SMILES string of the molecule is CCCNC(=O)CCNS(=O)(=O)c1ccc(=O)[nH]c1. The highest BCUT2D eigenvalue weighted by atomic mass is 32.2. The fourth-order valence-corrected chi connectivity index (χ4v) is 2.30. The van der Waals surface area contributed by atoms with Crippen LogP contribution in [0.2, 0.25) is 0 Å². The molecule has 0 aromatic carbocycles. The third-order valence-electron chi connectivity index (χ3n) is 2.28. The van der Waals surface area contributed by atoms with Gasteiger partial charge in [0, 0.05) is 31.8 Å². The van der Waals surface area contributed by atoms with Gasteiger partial charge < -0.3 is 10.3 Å². The average Bonchev–Trinajstić information content (AvgIpc) is 2.36. The van der Waals surface area contributed by atoms with Crippen molar-refractivity contribution in [3.8, 4) is 0 Å². The molecule has 0 aliphatic rings. The van der Waals surface area contributed by atoms with Crippen LogP contribution in [0.3, 0.4) is 0 Å². The number of nitrogens with one attached hydrogen (secondary N) is 3. The van der Waals surface area contributed by atoms with Gasteiger partial charge in [0.05, 0.1) is 4.90 Å².